The first-order valence-electron chi connectivity index (χ1n) is 8.96. The maximum atomic E-state index is 12.3. The van der Waals surface area contributed by atoms with Crippen molar-refractivity contribution in [3.05, 3.63) is 33.7 Å². The number of hydrogen-bond donors (Lipinski definition) is 2. The lowest BCUT2D eigenvalue weighted by molar-refractivity contribution is 0.169. The molecule has 0 bridgehead atoms. The molecule has 1 aromatic heterocycles. The molecule has 4 heteroatoms. The van der Waals surface area contributed by atoms with Crippen LogP contribution in [0.1, 0.15) is 69.9 Å². The van der Waals surface area contributed by atoms with Crippen LogP contribution in [0.3, 0.4) is 0 Å². The zero-order valence-corrected chi connectivity index (χ0v) is 14.6. The van der Waals surface area contributed by atoms with Crippen LogP contribution in [0, 0.1) is 11.3 Å². The number of nitrogens with one attached hydrogen (secondary N) is 2. The minimum absolute atomic E-state index is 0.0735. The van der Waals surface area contributed by atoms with Crippen molar-refractivity contribution in [1.82, 2.24) is 10.3 Å². The molecule has 23 heavy (non-hydrogen) atoms. The van der Waals surface area contributed by atoms with Gasteiger partial charge in [0.25, 0.3) is 5.56 Å². The highest BCUT2D eigenvalue weighted by Gasteiger charge is 2.31. The molecule has 0 spiro atoms. The average molecular weight is 315 g/mol. The smallest absolute Gasteiger partial charge is 0.251 e. The van der Waals surface area contributed by atoms with E-state index in [-0.39, 0.29) is 5.56 Å². The summed E-state index contributed by atoms with van der Waals surface area (Å²) in [7, 11) is 0. The minimum Gasteiger partial charge on any atom is -0.370 e. The third-order valence-electron chi connectivity index (χ3n) is 5.49. The van der Waals surface area contributed by atoms with Gasteiger partial charge in [0.1, 0.15) is 5.84 Å². The summed E-state index contributed by atoms with van der Waals surface area (Å²) < 4.78 is 0. The molecule has 2 N–H and O–H groups in total. The molecule has 126 valence electrons. The molecule has 1 aliphatic carbocycles. The van der Waals surface area contributed by atoms with Crippen LogP contribution in [0.2, 0.25) is 0 Å². The van der Waals surface area contributed by atoms with E-state index >= 15 is 0 Å². The topological polar surface area (TPSA) is 57.2 Å². The monoisotopic (exact) mass is 315 g/mol. The summed E-state index contributed by atoms with van der Waals surface area (Å²) in [6.07, 6.45) is 7.55. The van der Waals surface area contributed by atoms with Gasteiger partial charge in [0.2, 0.25) is 0 Å². The van der Waals surface area contributed by atoms with Gasteiger partial charge < -0.3 is 10.3 Å². The second-order valence-electron chi connectivity index (χ2n) is 8.10. The zero-order valence-electron chi connectivity index (χ0n) is 14.6. The number of nitrogens with zero attached hydrogens (tertiary/aromatic N) is 1. The molecule has 1 aromatic rings. The van der Waals surface area contributed by atoms with E-state index in [0.717, 1.165) is 55.2 Å². The minimum atomic E-state index is 0.0735. The fourth-order valence-electron chi connectivity index (χ4n) is 3.94. The maximum absolute atomic E-state index is 12.3. The molecule has 3 rings (SSSR count). The molecule has 1 aliphatic heterocycles. The van der Waals surface area contributed by atoms with Crippen LogP contribution >= 0.6 is 0 Å². The van der Waals surface area contributed by atoms with Crippen LogP contribution in [0.4, 0.5) is 0 Å². The van der Waals surface area contributed by atoms with E-state index in [1.54, 1.807) is 6.20 Å². The van der Waals surface area contributed by atoms with E-state index < -0.39 is 0 Å². The van der Waals surface area contributed by atoms with Gasteiger partial charge in [0, 0.05) is 30.4 Å². The molecule has 2 heterocycles. The first-order chi connectivity index (χ1) is 10.9. The second-order valence-corrected chi connectivity index (χ2v) is 8.10. The summed E-state index contributed by atoms with van der Waals surface area (Å²) in [5.41, 5.74) is 2.42. The van der Waals surface area contributed by atoms with E-state index in [9.17, 15) is 4.79 Å². The second kappa shape index (κ2) is 6.50. The van der Waals surface area contributed by atoms with Crippen molar-refractivity contribution in [2.75, 3.05) is 13.1 Å². The Morgan fingerprint density at radius 1 is 1.17 bits per heavy atom. The normalized spacial score (nSPS) is 25.6. The van der Waals surface area contributed by atoms with E-state index in [1.165, 1.54) is 12.8 Å². The van der Waals surface area contributed by atoms with Crippen molar-refractivity contribution in [1.29, 1.82) is 0 Å². The molecule has 0 aromatic carbocycles. The number of amidine groups is 1. The van der Waals surface area contributed by atoms with Gasteiger partial charge in [-0.2, -0.15) is 0 Å². The molecule has 1 fully saturated rings. The third-order valence-corrected chi connectivity index (χ3v) is 5.49. The first-order valence-corrected chi connectivity index (χ1v) is 8.96. The van der Waals surface area contributed by atoms with Crippen LogP contribution < -0.4 is 10.9 Å². The Bertz CT molecular complexity index is 631. The molecule has 0 amide bonds. The lowest BCUT2D eigenvalue weighted by atomic mass is 9.69. The highest BCUT2D eigenvalue weighted by molar-refractivity contribution is 5.98. The van der Waals surface area contributed by atoms with Gasteiger partial charge in [-0.05, 0) is 55.4 Å². The average Bonchev–Trinajstić information content (AvgIpc) is 2.55. The molecule has 0 unspecified atom stereocenters. The Morgan fingerprint density at radius 3 is 2.52 bits per heavy atom. The first kappa shape index (κ1) is 16.3. The third kappa shape index (κ3) is 3.67. The highest BCUT2D eigenvalue weighted by Crippen LogP contribution is 2.42. The largest absolute Gasteiger partial charge is 0.370 e. The van der Waals surface area contributed by atoms with Crippen LogP contribution in [-0.4, -0.2) is 23.9 Å². The number of H-pyrrole nitrogens is 1. The summed E-state index contributed by atoms with van der Waals surface area (Å²) in [5.74, 6) is 2.09. The Labute approximate surface area is 138 Å². The summed E-state index contributed by atoms with van der Waals surface area (Å²) in [6.45, 7) is 8.83. The molecule has 1 saturated carbocycles. The van der Waals surface area contributed by atoms with Crippen molar-refractivity contribution in [2.24, 2.45) is 16.3 Å². The summed E-state index contributed by atoms with van der Waals surface area (Å²) >= 11 is 0. The van der Waals surface area contributed by atoms with E-state index in [4.69, 9.17) is 0 Å². The van der Waals surface area contributed by atoms with Crippen molar-refractivity contribution in [2.45, 2.75) is 58.8 Å². The molecule has 4 nitrogen and oxygen atoms in total. The van der Waals surface area contributed by atoms with Crippen molar-refractivity contribution in [3.63, 3.8) is 0 Å². The number of pyridine rings is 1. The van der Waals surface area contributed by atoms with Gasteiger partial charge in [-0.15, -0.1) is 0 Å². The fraction of sp³-hybridized carbons (Fsp3) is 0.684. The van der Waals surface area contributed by atoms with Crippen LogP contribution in [-0.2, 0) is 0 Å². The van der Waals surface area contributed by atoms with Gasteiger partial charge in [-0.1, -0.05) is 20.8 Å². The molecular weight excluding hydrogens is 286 g/mol. The van der Waals surface area contributed by atoms with Crippen molar-refractivity contribution in [3.8, 4) is 0 Å². The summed E-state index contributed by atoms with van der Waals surface area (Å²) in [5, 5.41) is 3.34. The predicted molar refractivity (Wildman–Crippen MR) is 95.2 cm³/mol. The standard InChI is InChI=1S/C19H29N3O/c1-19(2,3)15-7-5-13(6-8-15)16-11-14(12-22-18(16)23)17-20-9-4-10-21-17/h11-13,15H,4-10H2,1-3H3,(H,20,21)(H,22,23). The van der Waals surface area contributed by atoms with E-state index in [0.29, 0.717) is 11.3 Å². The Morgan fingerprint density at radius 2 is 1.91 bits per heavy atom. The van der Waals surface area contributed by atoms with Gasteiger partial charge in [0.15, 0.2) is 0 Å². The van der Waals surface area contributed by atoms with Crippen molar-refractivity contribution >= 4 is 5.84 Å². The zero-order chi connectivity index (χ0) is 16.4. The number of rotatable bonds is 2. The fourth-order valence-corrected chi connectivity index (χ4v) is 3.94. The van der Waals surface area contributed by atoms with Gasteiger partial charge in [-0.25, -0.2) is 0 Å². The molecule has 0 saturated heterocycles. The summed E-state index contributed by atoms with van der Waals surface area (Å²) in [4.78, 5) is 19.8. The SMILES string of the molecule is CC(C)(C)C1CCC(c2cc(C3=NCCCN3)c[nH]c2=O)CC1. The lowest BCUT2D eigenvalue weighted by Crippen LogP contribution is -2.32. The van der Waals surface area contributed by atoms with E-state index in [1.807, 2.05) is 0 Å². The predicted octanol–water partition coefficient (Wildman–Crippen LogP) is 3.43. The van der Waals surface area contributed by atoms with E-state index in [2.05, 4.69) is 42.1 Å². The lowest BCUT2D eigenvalue weighted by Gasteiger charge is -2.37. The quantitative estimate of drug-likeness (QED) is 0.878. The Balaban J connectivity index is 1.78. The van der Waals surface area contributed by atoms with Gasteiger partial charge in [0.05, 0.1) is 0 Å². The number of aromatic nitrogens is 1. The Hall–Kier alpha value is -1.58. The van der Waals surface area contributed by atoms with Crippen LogP contribution in [0.15, 0.2) is 22.1 Å². The van der Waals surface area contributed by atoms with Crippen LogP contribution in [0.5, 0.6) is 0 Å². The summed E-state index contributed by atoms with van der Waals surface area (Å²) in [6, 6.07) is 2.07. The Kier molecular flexibility index (Phi) is 4.60. The number of aliphatic imine (C=N–C) groups is 1. The highest BCUT2D eigenvalue weighted by atomic mass is 16.1. The van der Waals surface area contributed by atoms with Gasteiger partial charge >= 0.3 is 0 Å². The van der Waals surface area contributed by atoms with Gasteiger partial charge in [-0.3, -0.25) is 9.79 Å². The molecule has 2 aliphatic rings. The molecule has 0 atom stereocenters. The number of aromatic amines is 1. The number of hydrogen-bond acceptors (Lipinski definition) is 3. The maximum Gasteiger partial charge on any atom is 0.251 e. The van der Waals surface area contributed by atoms with Crippen molar-refractivity contribution < 1.29 is 0 Å². The molecular formula is C19H29N3O. The molecule has 0 radical (unpaired) electrons. The van der Waals surface area contributed by atoms with Crippen LogP contribution in [0.25, 0.3) is 0 Å².